The Morgan fingerprint density at radius 3 is 2.60 bits per heavy atom. The molecule has 1 nitrogen and oxygen atoms in total. The molecule has 15 heavy (non-hydrogen) atoms. The Hall–Kier alpha value is 0.170. The van der Waals surface area contributed by atoms with E-state index in [-0.39, 0.29) is 23.2 Å². The van der Waals surface area contributed by atoms with Gasteiger partial charge in [-0.25, -0.2) is 4.39 Å². The van der Waals surface area contributed by atoms with E-state index in [4.69, 9.17) is 11.6 Å². The normalized spacial score (nSPS) is 10.3. The Bertz CT molecular complexity index is 331. The van der Waals surface area contributed by atoms with Gasteiger partial charge in [-0.05, 0) is 22.0 Å². The molecule has 0 aliphatic carbocycles. The van der Waals surface area contributed by atoms with E-state index in [9.17, 15) is 4.39 Å². The summed E-state index contributed by atoms with van der Waals surface area (Å²) in [5, 5.41) is 3.28. The van der Waals surface area contributed by atoms with Gasteiger partial charge in [0, 0.05) is 22.6 Å². The van der Waals surface area contributed by atoms with Gasteiger partial charge in [0.25, 0.3) is 0 Å². The lowest BCUT2D eigenvalue weighted by atomic mass is 10.2. The highest BCUT2D eigenvalue weighted by molar-refractivity contribution is 9.10. The predicted octanol–water partition coefficient (Wildman–Crippen LogP) is 4.16. The molecule has 0 spiro atoms. The fourth-order valence-electron chi connectivity index (χ4n) is 1.02. The van der Waals surface area contributed by atoms with E-state index in [2.05, 4.69) is 21.2 Å². The van der Waals surface area contributed by atoms with Crippen LogP contribution in [0.15, 0.2) is 16.6 Å². The minimum absolute atomic E-state index is 0. The van der Waals surface area contributed by atoms with Crippen LogP contribution in [-0.2, 0) is 6.54 Å². The Balaban J connectivity index is 0.00000196. The number of halogens is 4. The number of benzene rings is 1. The number of rotatable bonds is 3. The number of hydrogen-bond donors (Lipinski definition) is 1. The van der Waals surface area contributed by atoms with Gasteiger partial charge in [0.2, 0.25) is 0 Å². The van der Waals surface area contributed by atoms with Crippen LogP contribution in [0.4, 0.5) is 4.39 Å². The molecule has 1 N–H and O–H groups in total. The van der Waals surface area contributed by atoms with Gasteiger partial charge >= 0.3 is 0 Å². The first kappa shape index (κ1) is 15.2. The third-order valence-electron chi connectivity index (χ3n) is 1.82. The van der Waals surface area contributed by atoms with Crippen LogP contribution in [0, 0.1) is 5.82 Å². The molecule has 86 valence electrons. The van der Waals surface area contributed by atoms with Crippen LogP contribution in [0.5, 0.6) is 0 Å². The van der Waals surface area contributed by atoms with Gasteiger partial charge in [0.05, 0.1) is 5.02 Å². The van der Waals surface area contributed by atoms with E-state index in [1.165, 1.54) is 0 Å². The molecule has 1 aromatic rings. The molecule has 0 aliphatic heterocycles. The van der Waals surface area contributed by atoms with Crippen molar-refractivity contribution >= 4 is 39.9 Å². The van der Waals surface area contributed by atoms with Crippen molar-refractivity contribution in [1.29, 1.82) is 0 Å². The van der Waals surface area contributed by atoms with Crippen LogP contribution in [0.1, 0.15) is 19.4 Å². The average molecular weight is 317 g/mol. The molecule has 0 aromatic heterocycles. The van der Waals surface area contributed by atoms with E-state index in [0.717, 1.165) is 0 Å². The third kappa shape index (κ3) is 4.27. The molecule has 0 amide bonds. The van der Waals surface area contributed by atoms with E-state index in [1.54, 1.807) is 12.1 Å². The summed E-state index contributed by atoms with van der Waals surface area (Å²) in [6.45, 7) is 4.52. The Morgan fingerprint density at radius 1 is 1.47 bits per heavy atom. The second-order valence-corrected chi connectivity index (χ2v) is 4.60. The number of hydrogen-bond acceptors (Lipinski definition) is 1. The predicted molar refractivity (Wildman–Crippen MR) is 68.3 cm³/mol. The van der Waals surface area contributed by atoms with E-state index >= 15 is 0 Å². The van der Waals surface area contributed by atoms with Crippen molar-refractivity contribution in [3.05, 3.63) is 33.0 Å². The first-order valence-electron chi connectivity index (χ1n) is 4.38. The maximum Gasteiger partial charge on any atom is 0.147 e. The summed E-state index contributed by atoms with van der Waals surface area (Å²) in [4.78, 5) is 0. The van der Waals surface area contributed by atoms with Crippen molar-refractivity contribution in [2.24, 2.45) is 0 Å². The van der Waals surface area contributed by atoms with E-state index < -0.39 is 0 Å². The highest BCUT2D eigenvalue weighted by atomic mass is 79.9. The van der Waals surface area contributed by atoms with Gasteiger partial charge in [-0.15, -0.1) is 12.4 Å². The zero-order chi connectivity index (χ0) is 10.7. The molecule has 1 rings (SSSR count). The molecule has 0 atom stereocenters. The molecule has 0 saturated heterocycles. The fraction of sp³-hybridized carbons (Fsp3) is 0.400. The van der Waals surface area contributed by atoms with Gasteiger partial charge in [0.15, 0.2) is 0 Å². The summed E-state index contributed by atoms with van der Waals surface area (Å²) >= 11 is 8.92. The lowest BCUT2D eigenvalue weighted by molar-refractivity contribution is 0.553. The van der Waals surface area contributed by atoms with E-state index in [0.29, 0.717) is 22.6 Å². The van der Waals surface area contributed by atoms with Crippen LogP contribution in [0.2, 0.25) is 5.02 Å². The third-order valence-corrected chi connectivity index (χ3v) is 3.07. The molecule has 0 bridgehead atoms. The lowest BCUT2D eigenvalue weighted by Crippen LogP contribution is -2.22. The topological polar surface area (TPSA) is 12.0 Å². The van der Waals surface area contributed by atoms with Crippen molar-refractivity contribution in [3.8, 4) is 0 Å². The molecule has 0 heterocycles. The zero-order valence-corrected chi connectivity index (χ0v) is 11.6. The van der Waals surface area contributed by atoms with Gasteiger partial charge in [-0.2, -0.15) is 0 Å². The molecule has 0 aliphatic rings. The summed E-state index contributed by atoms with van der Waals surface area (Å²) in [5.74, 6) is -0.353. The Labute approximate surface area is 109 Å². The maximum absolute atomic E-state index is 13.5. The van der Waals surface area contributed by atoms with Crippen LogP contribution < -0.4 is 5.32 Å². The first-order chi connectivity index (χ1) is 6.52. The molecule has 0 radical (unpaired) electrons. The summed E-state index contributed by atoms with van der Waals surface area (Å²) in [5.41, 5.74) is 0.590. The van der Waals surface area contributed by atoms with Crippen molar-refractivity contribution in [1.82, 2.24) is 5.32 Å². The van der Waals surface area contributed by atoms with Gasteiger partial charge in [-0.1, -0.05) is 31.5 Å². The first-order valence-corrected chi connectivity index (χ1v) is 5.55. The van der Waals surface area contributed by atoms with Crippen molar-refractivity contribution in [2.75, 3.05) is 0 Å². The summed E-state index contributed by atoms with van der Waals surface area (Å²) in [7, 11) is 0. The second kappa shape index (κ2) is 6.69. The van der Waals surface area contributed by atoms with Crippen molar-refractivity contribution in [3.63, 3.8) is 0 Å². The Kier molecular flexibility index (Phi) is 6.76. The molecule has 0 saturated carbocycles. The zero-order valence-electron chi connectivity index (χ0n) is 8.48. The summed E-state index contributed by atoms with van der Waals surface area (Å²) in [6.07, 6.45) is 0. The molecule has 5 heteroatoms. The quantitative estimate of drug-likeness (QED) is 0.826. The van der Waals surface area contributed by atoms with Crippen LogP contribution in [-0.4, -0.2) is 6.04 Å². The smallest absolute Gasteiger partial charge is 0.147 e. The molecule has 0 unspecified atom stereocenters. The summed E-state index contributed by atoms with van der Waals surface area (Å²) in [6, 6.07) is 3.81. The standard InChI is InChI=1S/C10H12BrClFN.ClH/c1-6(2)14-5-7-3-4-8(11)9(12)10(7)13;/h3-4,6,14H,5H2,1-2H3;1H. The van der Waals surface area contributed by atoms with E-state index in [1.807, 2.05) is 13.8 Å². The Morgan fingerprint density at radius 2 is 2.07 bits per heavy atom. The van der Waals surface area contributed by atoms with Gasteiger partial charge in [0.1, 0.15) is 5.82 Å². The van der Waals surface area contributed by atoms with Crippen molar-refractivity contribution < 1.29 is 4.39 Å². The highest BCUT2D eigenvalue weighted by Gasteiger charge is 2.09. The van der Waals surface area contributed by atoms with Crippen molar-refractivity contribution in [2.45, 2.75) is 26.4 Å². The molecule has 1 aromatic carbocycles. The summed E-state index contributed by atoms with van der Waals surface area (Å²) < 4.78 is 14.1. The fourth-order valence-corrected chi connectivity index (χ4v) is 1.51. The average Bonchev–Trinajstić information content (AvgIpc) is 2.13. The van der Waals surface area contributed by atoms with Gasteiger partial charge < -0.3 is 5.32 Å². The number of nitrogens with one attached hydrogen (secondary N) is 1. The minimum Gasteiger partial charge on any atom is -0.310 e. The minimum atomic E-state index is -0.353. The van der Waals surface area contributed by atoms with Gasteiger partial charge in [-0.3, -0.25) is 0 Å². The molecule has 0 fully saturated rings. The molecular formula is C10H13BrCl2FN. The van der Waals surface area contributed by atoms with Crippen LogP contribution in [0.25, 0.3) is 0 Å². The largest absolute Gasteiger partial charge is 0.310 e. The maximum atomic E-state index is 13.5. The SMILES string of the molecule is CC(C)NCc1ccc(Br)c(Cl)c1F.Cl. The lowest BCUT2D eigenvalue weighted by Gasteiger charge is -2.10. The molecular weight excluding hydrogens is 304 g/mol. The monoisotopic (exact) mass is 315 g/mol. The van der Waals surface area contributed by atoms with Crippen LogP contribution in [0.3, 0.4) is 0 Å². The van der Waals surface area contributed by atoms with Crippen LogP contribution >= 0.6 is 39.9 Å². The highest BCUT2D eigenvalue weighted by Crippen LogP contribution is 2.27. The second-order valence-electron chi connectivity index (χ2n) is 3.37.